The van der Waals surface area contributed by atoms with Gasteiger partial charge >= 0.3 is 6.09 Å². The van der Waals surface area contributed by atoms with Crippen LogP contribution in [0.15, 0.2) is 67.0 Å². The molecular formula is C30H33F2N7O2. The summed E-state index contributed by atoms with van der Waals surface area (Å²) >= 11 is 0. The maximum absolute atomic E-state index is 14.3. The van der Waals surface area contributed by atoms with Crippen LogP contribution < -0.4 is 15.5 Å². The van der Waals surface area contributed by atoms with Gasteiger partial charge in [-0.3, -0.25) is 0 Å². The Hall–Kier alpha value is -4.67. The van der Waals surface area contributed by atoms with Gasteiger partial charge in [-0.2, -0.15) is 4.98 Å². The molecule has 41 heavy (non-hydrogen) atoms. The van der Waals surface area contributed by atoms with Crippen LogP contribution in [-0.2, 0) is 17.7 Å². The largest absolute Gasteiger partial charge is 0.444 e. The van der Waals surface area contributed by atoms with Gasteiger partial charge in [0.05, 0.1) is 5.56 Å². The molecule has 9 nitrogen and oxygen atoms in total. The van der Waals surface area contributed by atoms with Crippen LogP contribution in [0.2, 0.25) is 0 Å². The number of hydrogen-bond acceptors (Lipinski definition) is 8. The summed E-state index contributed by atoms with van der Waals surface area (Å²) in [5.41, 5.74) is 1.60. The molecule has 0 saturated heterocycles. The molecule has 0 fully saturated rings. The van der Waals surface area contributed by atoms with Gasteiger partial charge in [0, 0.05) is 38.1 Å². The zero-order chi connectivity index (χ0) is 29.6. The number of rotatable bonds is 9. The molecule has 0 saturated carbocycles. The van der Waals surface area contributed by atoms with E-state index in [4.69, 9.17) is 4.74 Å². The summed E-state index contributed by atoms with van der Waals surface area (Å²) in [5.74, 6) is 0.206. The average Bonchev–Trinajstić information content (AvgIpc) is 2.91. The molecule has 1 atom stereocenters. The lowest BCUT2D eigenvalue weighted by Crippen LogP contribution is -2.32. The molecule has 1 unspecified atom stereocenters. The summed E-state index contributed by atoms with van der Waals surface area (Å²) in [7, 11) is 1.78. The minimum Gasteiger partial charge on any atom is -0.444 e. The van der Waals surface area contributed by atoms with E-state index in [1.165, 1.54) is 18.3 Å². The van der Waals surface area contributed by atoms with Gasteiger partial charge in [-0.05, 0) is 69.5 Å². The summed E-state index contributed by atoms with van der Waals surface area (Å²) in [6, 6.07) is 14.6. The van der Waals surface area contributed by atoms with Crippen LogP contribution in [-0.4, -0.2) is 44.7 Å². The monoisotopic (exact) mass is 561 g/mol. The van der Waals surface area contributed by atoms with Crippen molar-refractivity contribution in [1.82, 2.24) is 25.3 Å². The number of alkyl carbamates (subject to hydrolysis) is 1. The zero-order valence-electron chi connectivity index (χ0n) is 23.7. The van der Waals surface area contributed by atoms with E-state index >= 15 is 0 Å². The van der Waals surface area contributed by atoms with Crippen molar-refractivity contribution in [2.24, 2.45) is 0 Å². The Kier molecular flexibility index (Phi) is 9.06. The number of hydrogen-bond donors (Lipinski definition) is 2. The first-order valence-corrected chi connectivity index (χ1v) is 13.1. The lowest BCUT2D eigenvalue weighted by molar-refractivity contribution is 0.0523. The minimum atomic E-state index is -0.739. The number of anilines is 3. The van der Waals surface area contributed by atoms with Gasteiger partial charge in [-0.15, -0.1) is 0 Å². The minimum absolute atomic E-state index is 0.00303. The highest BCUT2D eigenvalue weighted by molar-refractivity contribution is 5.67. The maximum Gasteiger partial charge on any atom is 0.407 e. The number of carbonyl (C=O) groups is 1. The van der Waals surface area contributed by atoms with Crippen molar-refractivity contribution < 1.29 is 18.3 Å². The second-order valence-electron chi connectivity index (χ2n) is 10.6. The first-order chi connectivity index (χ1) is 19.5. The molecule has 2 N–H and O–H groups in total. The molecule has 11 heteroatoms. The molecule has 0 aliphatic heterocycles. The van der Waals surface area contributed by atoms with E-state index in [-0.39, 0.29) is 17.4 Å². The third-order valence-corrected chi connectivity index (χ3v) is 5.89. The Labute approximate surface area is 238 Å². The third-order valence-electron chi connectivity index (χ3n) is 5.89. The number of carbonyl (C=O) groups excluding carboxylic acids is 1. The number of aromatic nitrogens is 4. The fourth-order valence-corrected chi connectivity index (χ4v) is 4.04. The Morgan fingerprint density at radius 1 is 0.976 bits per heavy atom. The number of benzene rings is 2. The van der Waals surface area contributed by atoms with E-state index in [1.807, 2.05) is 52.0 Å². The van der Waals surface area contributed by atoms with E-state index in [0.29, 0.717) is 30.5 Å². The van der Waals surface area contributed by atoms with E-state index in [1.54, 1.807) is 30.3 Å². The summed E-state index contributed by atoms with van der Waals surface area (Å²) in [4.78, 5) is 31.3. The van der Waals surface area contributed by atoms with Crippen LogP contribution >= 0.6 is 0 Å². The predicted molar refractivity (Wildman–Crippen MR) is 154 cm³/mol. The van der Waals surface area contributed by atoms with Gasteiger partial charge in [0.15, 0.2) is 5.82 Å². The molecule has 2 aromatic heterocycles. The van der Waals surface area contributed by atoms with Gasteiger partial charge < -0.3 is 20.3 Å². The van der Waals surface area contributed by atoms with E-state index < -0.39 is 23.3 Å². The van der Waals surface area contributed by atoms with E-state index in [9.17, 15) is 13.6 Å². The molecule has 2 heterocycles. The molecule has 0 radical (unpaired) electrons. The fraction of sp³-hybridized carbons (Fsp3) is 0.300. The highest BCUT2D eigenvalue weighted by atomic mass is 19.1. The predicted octanol–water partition coefficient (Wildman–Crippen LogP) is 6.05. The number of amides is 1. The fourth-order valence-electron chi connectivity index (χ4n) is 4.04. The second-order valence-corrected chi connectivity index (χ2v) is 10.6. The van der Waals surface area contributed by atoms with Crippen molar-refractivity contribution in [3.8, 4) is 11.4 Å². The first kappa shape index (κ1) is 29.3. The molecular weight excluding hydrogens is 528 g/mol. The van der Waals surface area contributed by atoms with Crippen LogP contribution in [0.4, 0.5) is 31.2 Å². The molecule has 0 aliphatic carbocycles. The lowest BCUT2D eigenvalue weighted by atomic mass is 10.0. The molecule has 4 rings (SSSR count). The smallest absolute Gasteiger partial charge is 0.407 e. The molecule has 0 aliphatic rings. The highest BCUT2D eigenvalue weighted by Crippen LogP contribution is 2.25. The molecule has 0 bridgehead atoms. The van der Waals surface area contributed by atoms with Gasteiger partial charge in [0.1, 0.15) is 28.9 Å². The molecule has 1 amide bonds. The zero-order valence-corrected chi connectivity index (χ0v) is 23.7. The van der Waals surface area contributed by atoms with Gasteiger partial charge in [-0.1, -0.05) is 24.3 Å². The maximum atomic E-state index is 14.3. The van der Waals surface area contributed by atoms with Crippen LogP contribution in [0.1, 0.15) is 38.8 Å². The summed E-state index contributed by atoms with van der Waals surface area (Å²) in [5, 5.41) is 6.11. The van der Waals surface area contributed by atoms with E-state index in [0.717, 1.165) is 17.2 Å². The number of ether oxygens (including phenoxy) is 1. The second kappa shape index (κ2) is 12.7. The standard InChI is InChI=1S/C30H33F2N7O2/c1-19(15-20-7-6-8-21(16-20)18-35-29(40)41-30(2,3)4)36-28-34-14-12-26(38-28)39(5)25-11-13-33-27(37-25)23-10-9-22(31)17-24(23)32/h6-14,16-17,19H,15,18H2,1-5H3,(H,35,40)(H,34,36,38). The van der Waals surface area contributed by atoms with Crippen LogP contribution in [0, 0.1) is 11.6 Å². The van der Waals surface area contributed by atoms with Crippen molar-refractivity contribution >= 4 is 23.7 Å². The topological polar surface area (TPSA) is 105 Å². The van der Waals surface area contributed by atoms with Gasteiger partial charge in [0.2, 0.25) is 5.95 Å². The van der Waals surface area contributed by atoms with Crippen molar-refractivity contribution in [2.75, 3.05) is 17.3 Å². The first-order valence-electron chi connectivity index (χ1n) is 13.1. The van der Waals surface area contributed by atoms with Crippen molar-refractivity contribution in [3.63, 3.8) is 0 Å². The SMILES string of the molecule is CC(Cc1cccc(CNC(=O)OC(C)(C)C)c1)Nc1nccc(N(C)c2ccnc(-c3ccc(F)cc3F)n2)n1. The highest BCUT2D eigenvalue weighted by Gasteiger charge is 2.16. The van der Waals surface area contributed by atoms with Crippen LogP contribution in [0.5, 0.6) is 0 Å². The molecule has 2 aromatic carbocycles. The normalized spacial score (nSPS) is 12.0. The Morgan fingerprint density at radius 2 is 1.68 bits per heavy atom. The molecule has 0 spiro atoms. The summed E-state index contributed by atoms with van der Waals surface area (Å²) in [6.07, 6.45) is 3.39. The van der Waals surface area contributed by atoms with Crippen molar-refractivity contribution in [1.29, 1.82) is 0 Å². The Bertz CT molecular complexity index is 1510. The Morgan fingerprint density at radius 3 is 2.41 bits per heavy atom. The quantitative estimate of drug-likeness (QED) is 0.255. The van der Waals surface area contributed by atoms with Crippen LogP contribution in [0.3, 0.4) is 0 Å². The van der Waals surface area contributed by atoms with Crippen molar-refractivity contribution in [3.05, 3.63) is 89.8 Å². The number of nitrogens with zero attached hydrogens (tertiary/aromatic N) is 5. The average molecular weight is 562 g/mol. The number of nitrogens with one attached hydrogen (secondary N) is 2. The molecule has 4 aromatic rings. The van der Waals surface area contributed by atoms with Gasteiger partial charge in [-0.25, -0.2) is 28.5 Å². The Balaban J connectivity index is 1.39. The third kappa shape index (κ3) is 8.41. The lowest BCUT2D eigenvalue weighted by Gasteiger charge is -2.20. The van der Waals surface area contributed by atoms with Crippen LogP contribution in [0.25, 0.3) is 11.4 Å². The van der Waals surface area contributed by atoms with Gasteiger partial charge in [0.25, 0.3) is 0 Å². The number of halogens is 2. The molecule has 214 valence electrons. The summed E-state index contributed by atoms with van der Waals surface area (Å²) in [6.45, 7) is 7.86. The van der Waals surface area contributed by atoms with E-state index in [2.05, 4.69) is 30.6 Å². The summed E-state index contributed by atoms with van der Waals surface area (Å²) < 4.78 is 32.9. The van der Waals surface area contributed by atoms with Crippen molar-refractivity contribution in [2.45, 2.75) is 52.3 Å².